The highest BCUT2D eigenvalue weighted by atomic mass is 19.1. The van der Waals surface area contributed by atoms with Gasteiger partial charge in [-0.2, -0.15) is 0 Å². The van der Waals surface area contributed by atoms with Gasteiger partial charge in [0.1, 0.15) is 34.7 Å². The van der Waals surface area contributed by atoms with Crippen LogP contribution in [0.1, 0.15) is 6.42 Å². The summed E-state index contributed by atoms with van der Waals surface area (Å²) in [6.45, 7) is 12.2. The Kier molecular flexibility index (Phi) is 9.01. The second-order valence-corrected chi connectivity index (χ2v) is 9.36. The van der Waals surface area contributed by atoms with Crippen LogP contribution in [0.5, 0.6) is 17.2 Å². The molecule has 1 aromatic heterocycles. The maximum Gasteiger partial charge on any atom is 0.323 e. The number of ether oxygens (including phenoxy) is 3. The minimum atomic E-state index is -0.970. The molecular weight excluding hydrogens is 551 g/mol. The second-order valence-electron chi connectivity index (χ2n) is 9.36. The van der Waals surface area contributed by atoms with Gasteiger partial charge in [-0.05, 0) is 48.9 Å². The lowest BCUT2D eigenvalue weighted by Gasteiger charge is -2.26. The third-order valence-electron chi connectivity index (χ3n) is 6.48. The molecule has 0 aliphatic carbocycles. The molecule has 0 bridgehead atoms. The first kappa shape index (κ1) is 28.7. The minimum absolute atomic E-state index is 0.128. The third-order valence-corrected chi connectivity index (χ3v) is 6.48. The highest BCUT2D eigenvalue weighted by molar-refractivity contribution is 6.00. The summed E-state index contributed by atoms with van der Waals surface area (Å²) in [4.78, 5) is 22.5. The molecule has 2 heterocycles. The molecule has 216 valence electrons. The Morgan fingerprint density at radius 3 is 2.43 bits per heavy atom. The number of fused-ring (bicyclic) bond motifs is 1. The predicted molar refractivity (Wildman–Crippen MR) is 151 cm³/mol. The summed E-state index contributed by atoms with van der Waals surface area (Å²) >= 11 is 0. The minimum Gasteiger partial charge on any atom is -0.504 e. The number of halogens is 3. The van der Waals surface area contributed by atoms with Gasteiger partial charge in [0.05, 0.1) is 43.3 Å². The monoisotopic (exact) mass is 577 g/mol. The average Bonchev–Trinajstić information content (AvgIpc) is 2.98. The van der Waals surface area contributed by atoms with E-state index in [9.17, 15) is 18.0 Å². The molecule has 0 saturated carbocycles. The average molecular weight is 578 g/mol. The highest BCUT2D eigenvalue weighted by Gasteiger charge is 2.15. The Morgan fingerprint density at radius 1 is 0.976 bits per heavy atom. The van der Waals surface area contributed by atoms with Crippen molar-refractivity contribution in [1.82, 2.24) is 9.88 Å². The Hall–Kier alpha value is -4.86. The van der Waals surface area contributed by atoms with Gasteiger partial charge in [0.25, 0.3) is 0 Å². The van der Waals surface area contributed by atoms with Crippen molar-refractivity contribution in [2.24, 2.45) is 0 Å². The van der Waals surface area contributed by atoms with Crippen molar-refractivity contribution in [2.45, 2.75) is 6.42 Å². The van der Waals surface area contributed by atoms with E-state index in [1.807, 2.05) is 0 Å². The number of hydrogen-bond acceptors (Lipinski definition) is 6. The molecule has 1 aliphatic rings. The Bertz CT molecular complexity index is 1640. The van der Waals surface area contributed by atoms with Gasteiger partial charge in [-0.15, -0.1) is 0 Å². The van der Waals surface area contributed by atoms with Crippen molar-refractivity contribution in [1.29, 1.82) is 0 Å². The van der Waals surface area contributed by atoms with Crippen LogP contribution in [0.15, 0.2) is 60.8 Å². The Labute approximate surface area is 239 Å². The van der Waals surface area contributed by atoms with Gasteiger partial charge in [0.2, 0.25) is 5.69 Å². The van der Waals surface area contributed by atoms with E-state index in [0.29, 0.717) is 40.8 Å². The molecule has 3 aromatic carbocycles. The Balaban J connectivity index is 1.24. The van der Waals surface area contributed by atoms with Crippen LogP contribution in [0.3, 0.4) is 0 Å². The second kappa shape index (κ2) is 13.2. The molecule has 5 rings (SSSR count). The van der Waals surface area contributed by atoms with Gasteiger partial charge in [-0.1, -0.05) is 0 Å². The number of morpholine rings is 1. The molecule has 4 aromatic rings. The molecule has 12 heteroatoms. The highest BCUT2D eigenvalue weighted by Crippen LogP contribution is 2.38. The zero-order valence-corrected chi connectivity index (χ0v) is 22.3. The van der Waals surface area contributed by atoms with E-state index >= 15 is 0 Å². The third kappa shape index (κ3) is 7.06. The van der Waals surface area contributed by atoms with Crippen molar-refractivity contribution >= 4 is 34.0 Å². The van der Waals surface area contributed by atoms with Crippen LogP contribution in [0, 0.1) is 24.0 Å². The van der Waals surface area contributed by atoms with Crippen LogP contribution in [-0.2, 0) is 4.74 Å². The number of aromatic nitrogens is 1. The number of urea groups is 1. The maximum atomic E-state index is 14.8. The van der Waals surface area contributed by atoms with Gasteiger partial charge in [-0.3, -0.25) is 9.88 Å². The molecule has 1 fully saturated rings. The van der Waals surface area contributed by atoms with Gasteiger partial charge >= 0.3 is 6.03 Å². The van der Waals surface area contributed by atoms with E-state index in [4.69, 9.17) is 20.8 Å². The van der Waals surface area contributed by atoms with Gasteiger partial charge in [0.15, 0.2) is 0 Å². The summed E-state index contributed by atoms with van der Waals surface area (Å²) in [7, 11) is 0. The molecule has 2 N–H and O–H groups in total. The number of hydrogen-bond donors (Lipinski definition) is 2. The van der Waals surface area contributed by atoms with Crippen molar-refractivity contribution < 1.29 is 32.2 Å². The molecule has 1 saturated heterocycles. The summed E-state index contributed by atoms with van der Waals surface area (Å²) in [5.41, 5.74) is 0.374. The van der Waals surface area contributed by atoms with Crippen molar-refractivity contribution in [3.05, 3.63) is 89.7 Å². The summed E-state index contributed by atoms with van der Waals surface area (Å²) in [6, 6.07) is 10.4. The van der Waals surface area contributed by atoms with Crippen LogP contribution in [0.2, 0.25) is 0 Å². The zero-order chi connectivity index (χ0) is 29.5. The standard InChI is InChI=1S/C30H26F3N5O4/c1-34-27-17-21-26(18-29(27)41-12-2-9-38-10-13-40-14-11-38)35-8-7-28(21)42-20-4-6-25(23(33)16-20)37-30(39)36-24-5-3-19(31)15-22(24)32/h3-8,15-18H,2,9-14H2,(H2,36,37,39). The van der Waals surface area contributed by atoms with E-state index in [1.165, 1.54) is 18.3 Å². The largest absolute Gasteiger partial charge is 0.504 e. The number of nitrogens with one attached hydrogen (secondary N) is 2. The fourth-order valence-corrected chi connectivity index (χ4v) is 4.38. The quantitative estimate of drug-likeness (QED) is 0.169. The topological polar surface area (TPSA) is 89.3 Å². The normalized spacial score (nSPS) is 13.4. The zero-order valence-electron chi connectivity index (χ0n) is 22.3. The molecule has 0 spiro atoms. The fourth-order valence-electron chi connectivity index (χ4n) is 4.38. The van der Waals surface area contributed by atoms with E-state index in [0.717, 1.165) is 57.5 Å². The molecule has 9 nitrogen and oxygen atoms in total. The first-order valence-corrected chi connectivity index (χ1v) is 13.1. The first-order valence-electron chi connectivity index (χ1n) is 13.1. The fraction of sp³-hybridized carbons (Fsp3) is 0.233. The number of pyridine rings is 1. The van der Waals surface area contributed by atoms with E-state index in [1.54, 1.807) is 18.2 Å². The first-order chi connectivity index (χ1) is 20.4. The Morgan fingerprint density at radius 2 is 1.71 bits per heavy atom. The number of nitrogens with zero attached hydrogens (tertiary/aromatic N) is 3. The number of carbonyl (C=O) groups excluding carboxylic acids is 1. The predicted octanol–water partition coefficient (Wildman–Crippen LogP) is 6.74. The lowest BCUT2D eigenvalue weighted by Crippen LogP contribution is -2.37. The van der Waals surface area contributed by atoms with Crippen LogP contribution < -0.4 is 20.1 Å². The lowest BCUT2D eigenvalue weighted by atomic mass is 10.1. The molecule has 0 radical (unpaired) electrons. The number of benzene rings is 3. The van der Waals surface area contributed by atoms with Crippen LogP contribution in [0.4, 0.5) is 35.0 Å². The van der Waals surface area contributed by atoms with Crippen molar-refractivity contribution in [3.8, 4) is 17.2 Å². The van der Waals surface area contributed by atoms with Gasteiger partial charge < -0.3 is 24.8 Å². The number of anilines is 2. The van der Waals surface area contributed by atoms with Gasteiger partial charge in [0, 0.05) is 43.4 Å². The molecule has 0 unspecified atom stereocenters. The molecule has 42 heavy (non-hydrogen) atoms. The number of amides is 2. The van der Waals surface area contributed by atoms with Gasteiger partial charge in [-0.25, -0.2) is 22.8 Å². The molecule has 1 aliphatic heterocycles. The summed E-state index contributed by atoms with van der Waals surface area (Å²) in [5.74, 6) is -1.68. The summed E-state index contributed by atoms with van der Waals surface area (Å²) in [6.07, 6.45) is 2.33. The van der Waals surface area contributed by atoms with E-state index < -0.39 is 23.5 Å². The van der Waals surface area contributed by atoms with Crippen LogP contribution >= 0.6 is 0 Å². The summed E-state index contributed by atoms with van der Waals surface area (Å²) in [5, 5.41) is 5.01. The summed E-state index contributed by atoms with van der Waals surface area (Å²) < 4.78 is 58.9. The smallest absolute Gasteiger partial charge is 0.323 e. The van der Waals surface area contributed by atoms with Crippen LogP contribution in [0.25, 0.3) is 15.7 Å². The molecular formula is C30H26F3N5O4. The maximum absolute atomic E-state index is 14.8. The molecule has 0 atom stereocenters. The van der Waals surface area contributed by atoms with Crippen LogP contribution in [-0.4, -0.2) is 55.4 Å². The van der Waals surface area contributed by atoms with E-state index in [-0.39, 0.29) is 17.1 Å². The lowest BCUT2D eigenvalue weighted by molar-refractivity contribution is 0.0358. The molecule has 2 amide bonds. The SMILES string of the molecule is [C-]#[N+]c1cc2c(Oc3ccc(NC(=O)Nc4ccc(F)cc4F)c(F)c3)ccnc2cc1OCCCN1CCOCC1. The van der Waals surface area contributed by atoms with E-state index in [2.05, 4.69) is 25.4 Å². The van der Waals surface area contributed by atoms with Crippen molar-refractivity contribution in [3.63, 3.8) is 0 Å². The number of carbonyl (C=O) groups is 1. The van der Waals surface area contributed by atoms with Crippen molar-refractivity contribution in [2.75, 3.05) is 50.1 Å². The number of rotatable bonds is 9.